The maximum atomic E-state index is 8.35. The van der Waals surface area contributed by atoms with E-state index in [0.717, 1.165) is 18.6 Å². The van der Waals surface area contributed by atoms with Crippen molar-refractivity contribution in [3.05, 3.63) is 6.92 Å². The van der Waals surface area contributed by atoms with Gasteiger partial charge in [0.05, 0.1) is 0 Å². The predicted molar refractivity (Wildman–Crippen MR) is 45.3 cm³/mol. The Morgan fingerprint density at radius 2 is 1.50 bits per heavy atom. The summed E-state index contributed by atoms with van der Waals surface area (Å²) in [7, 11) is 0. The van der Waals surface area contributed by atoms with Gasteiger partial charge >= 0.3 is 0 Å². The topological polar surface area (TPSA) is 81.8 Å². The maximum absolute atomic E-state index is 8.35. The molecule has 0 spiro atoms. The van der Waals surface area contributed by atoms with Crippen molar-refractivity contribution < 1.29 is 9.59 Å². The second-order valence-corrected chi connectivity index (χ2v) is 1.70. The highest BCUT2D eigenvalue weighted by Crippen LogP contribution is 1.95. The van der Waals surface area contributed by atoms with Gasteiger partial charge < -0.3 is 0 Å². The van der Waals surface area contributed by atoms with E-state index in [0.29, 0.717) is 0 Å². The smallest absolute Gasteiger partial charge is 0.222 e. The van der Waals surface area contributed by atoms with Crippen LogP contribution in [0.2, 0.25) is 0 Å². The number of carbonyl (C=O) groups excluding carboxylic acids is 2. The fraction of sp³-hybridized carbons (Fsp3) is 0.625. The van der Waals surface area contributed by atoms with Crippen LogP contribution < -0.4 is 0 Å². The molecule has 68 valence electrons. The van der Waals surface area contributed by atoms with Crippen LogP contribution >= 0.6 is 0 Å². The lowest BCUT2D eigenvalue weighted by Crippen LogP contribution is -1.66. The zero-order chi connectivity index (χ0) is 10.2. The van der Waals surface area contributed by atoms with Crippen molar-refractivity contribution in [3.8, 4) is 0 Å². The zero-order valence-corrected chi connectivity index (χ0v) is 7.22. The average Bonchev–Trinajstić information content (AvgIpc) is 2.04. The summed E-state index contributed by atoms with van der Waals surface area (Å²) in [4.78, 5) is 16.7. The molecular weight excluding hydrogens is 156 g/mol. The van der Waals surface area contributed by atoms with Gasteiger partial charge in [-0.25, -0.2) is 20.4 Å². The maximum Gasteiger partial charge on any atom is 0.231 e. The lowest BCUT2D eigenvalue weighted by molar-refractivity contribution is 0.562. The Balaban J connectivity index is -0.000000115. The second-order valence-electron chi connectivity index (χ2n) is 1.70. The van der Waals surface area contributed by atoms with E-state index in [-0.39, 0.29) is 0 Å². The van der Waals surface area contributed by atoms with Crippen LogP contribution in [0.25, 0.3) is 0 Å². The van der Waals surface area contributed by atoms with Crippen LogP contribution in [0.5, 0.6) is 0 Å². The Morgan fingerprint density at radius 1 is 1.17 bits per heavy atom. The fourth-order valence-corrected chi connectivity index (χ4v) is 0.394. The Morgan fingerprint density at radius 3 is 1.58 bits per heavy atom. The minimum absolute atomic E-state index is 0.750. The summed E-state index contributed by atoms with van der Waals surface area (Å²) in [5.74, 6) is 0. The summed E-state index contributed by atoms with van der Waals surface area (Å²) in [6.07, 6.45) is 6.11. The molecule has 0 atom stereocenters. The third kappa shape index (κ3) is 170. The molecule has 0 unspecified atom stereocenters. The quantitative estimate of drug-likeness (QED) is 0.386. The summed E-state index contributed by atoms with van der Waals surface area (Å²) in [6.45, 7) is 7.39. The van der Waals surface area contributed by atoms with Crippen molar-refractivity contribution >= 4 is 12.2 Å². The third-order valence-corrected chi connectivity index (χ3v) is 0.808. The highest BCUT2D eigenvalue weighted by molar-refractivity contribution is 5.26. The molecule has 0 amide bonds. The van der Waals surface area contributed by atoms with Gasteiger partial charge in [-0.15, -0.1) is 0 Å². The molecular formula is C8H14N2O2. The van der Waals surface area contributed by atoms with Crippen molar-refractivity contribution in [1.82, 2.24) is 0 Å². The molecule has 0 aromatic rings. The average molecular weight is 170 g/mol. The summed E-state index contributed by atoms with van der Waals surface area (Å²) in [5.41, 5.74) is 0. The first-order chi connectivity index (χ1) is 5.74. The minimum atomic E-state index is 0.750. The van der Waals surface area contributed by atoms with Crippen LogP contribution in [-0.4, -0.2) is 12.2 Å². The molecule has 0 bridgehead atoms. The summed E-state index contributed by atoms with van der Waals surface area (Å²) < 4.78 is 0. The Hall–Kier alpha value is -1.24. The van der Waals surface area contributed by atoms with E-state index < -0.39 is 0 Å². The molecule has 2 N–H and O–H groups in total. The van der Waals surface area contributed by atoms with Gasteiger partial charge in [-0.3, -0.25) is 0 Å². The van der Waals surface area contributed by atoms with Gasteiger partial charge in [-0.2, -0.15) is 0 Å². The van der Waals surface area contributed by atoms with Crippen molar-refractivity contribution in [3.63, 3.8) is 0 Å². The molecule has 2 radical (unpaired) electrons. The van der Waals surface area contributed by atoms with Gasteiger partial charge in [0.15, 0.2) is 0 Å². The van der Waals surface area contributed by atoms with E-state index >= 15 is 0 Å². The molecule has 0 saturated carbocycles. The first-order valence-corrected chi connectivity index (χ1v) is 3.52. The number of nitrogens with one attached hydrogen (secondary N) is 2. The summed E-state index contributed by atoms with van der Waals surface area (Å²) in [6, 6.07) is 0. The van der Waals surface area contributed by atoms with Crippen LogP contribution in [0.15, 0.2) is 0 Å². The molecule has 0 rings (SSSR count). The van der Waals surface area contributed by atoms with Gasteiger partial charge in [-0.1, -0.05) is 26.2 Å². The molecule has 12 heavy (non-hydrogen) atoms. The van der Waals surface area contributed by atoms with Crippen LogP contribution in [0.4, 0.5) is 0 Å². The lowest BCUT2D eigenvalue weighted by Gasteiger charge is -1.85. The normalized spacial score (nSPS) is 5.83. The first-order valence-electron chi connectivity index (χ1n) is 3.52. The van der Waals surface area contributed by atoms with Gasteiger partial charge in [0.2, 0.25) is 12.2 Å². The molecule has 0 heterocycles. The van der Waals surface area contributed by atoms with Crippen molar-refractivity contribution in [1.29, 1.82) is 10.8 Å². The Kier molecular flexibility index (Phi) is 46.9. The second kappa shape index (κ2) is 33.1. The van der Waals surface area contributed by atoms with Crippen LogP contribution in [0.1, 0.15) is 32.6 Å². The van der Waals surface area contributed by atoms with Crippen molar-refractivity contribution in [2.75, 3.05) is 0 Å². The summed E-state index contributed by atoms with van der Waals surface area (Å²) >= 11 is 0. The van der Waals surface area contributed by atoms with Gasteiger partial charge in [-0.05, 0) is 13.3 Å². The van der Waals surface area contributed by atoms with Crippen LogP contribution in [0.3, 0.4) is 0 Å². The lowest BCUT2D eigenvalue weighted by atomic mass is 10.2. The van der Waals surface area contributed by atoms with E-state index in [1.165, 1.54) is 19.3 Å². The standard InChI is InChI=1S/C6H12.2CHNO/c1-3-5-6-4-2;2*2-1-3/h1H,3-6H2,2H3;2*2H. The minimum Gasteiger partial charge on any atom is -0.222 e. The molecule has 4 nitrogen and oxygen atoms in total. The highest BCUT2D eigenvalue weighted by atomic mass is 16.1. The molecule has 0 aliphatic carbocycles. The van der Waals surface area contributed by atoms with E-state index in [4.69, 9.17) is 27.3 Å². The number of hydrogen-bond donors (Lipinski definition) is 2. The number of hydrogen-bond acceptors (Lipinski definition) is 4. The molecule has 0 fully saturated rings. The molecule has 0 aliphatic rings. The molecule has 0 aromatic carbocycles. The van der Waals surface area contributed by atoms with E-state index in [2.05, 4.69) is 6.92 Å². The van der Waals surface area contributed by atoms with Crippen LogP contribution in [0, 0.1) is 17.7 Å². The number of unbranched alkanes of at least 4 members (excludes halogenated alkanes) is 3. The first kappa shape index (κ1) is 17.0. The number of isocyanates is 2. The Bertz CT molecular complexity index is 107. The SMILES string of the molecule is N=C=O.N=C=O.[CH]CCCCC. The number of rotatable bonds is 3. The van der Waals surface area contributed by atoms with E-state index in [1.807, 2.05) is 0 Å². The molecule has 0 aliphatic heterocycles. The fourth-order valence-electron chi connectivity index (χ4n) is 0.394. The van der Waals surface area contributed by atoms with Crippen molar-refractivity contribution in [2.45, 2.75) is 32.6 Å². The van der Waals surface area contributed by atoms with Crippen LogP contribution in [-0.2, 0) is 9.59 Å². The van der Waals surface area contributed by atoms with Gasteiger partial charge in [0.1, 0.15) is 0 Å². The third-order valence-electron chi connectivity index (χ3n) is 0.808. The largest absolute Gasteiger partial charge is 0.231 e. The molecule has 0 saturated heterocycles. The zero-order valence-electron chi connectivity index (χ0n) is 7.22. The molecule has 4 heteroatoms. The van der Waals surface area contributed by atoms with Gasteiger partial charge in [0, 0.05) is 0 Å². The molecule has 0 aromatic heterocycles. The highest BCUT2D eigenvalue weighted by Gasteiger charge is 1.75. The van der Waals surface area contributed by atoms with Gasteiger partial charge in [0.25, 0.3) is 0 Å². The van der Waals surface area contributed by atoms with Crippen molar-refractivity contribution in [2.24, 2.45) is 0 Å². The monoisotopic (exact) mass is 170 g/mol. The Labute approximate surface area is 73.0 Å². The summed E-state index contributed by atoms with van der Waals surface area (Å²) in [5, 5.41) is 10.8. The van der Waals surface area contributed by atoms with E-state index in [9.17, 15) is 0 Å². The predicted octanol–water partition coefficient (Wildman–Crippen LogP) is 2.08. The van der Waals surface area contributed by atoms with E-state index in [1.54, 1.807) is 0 Å².